The van der Waals surface area contributed by atoms with Crippen molar-refractivity contribution in [2.24, 2.45) is 5.92 Å². The summed E-state index contributed by atoms with van der Waals surface area (Å²) >= 11 is 0. The smallest absolute Gasteiger partial charge is 0.334 e. The van der Waals surface area contributed by atoms with Crippen LogP contribution in [0, 0.1) is 5.92 Å². The van der Waals surface area contributed by atoms with Crippen molar-refractivity contribution in [3.8, 4) is 0 Å². The molecule has 2 saturated heterocycles. The fourth-order valence-electron chi connectivity index (χ4n) is 8.44. The zero-order valence-electron chi connectivity index (χ0n) is 36.1. The number of benzene rings is 2. The first-order chi connectivity index (χ1) is 28.9. The maximum Gasteiger partial charge on any atom is 0.334 e. The van der Waals surface area contributed by atoms with Crippen molar-refractivity contribution in [3.63, 3.8) is 0 Å². The minimum atomic E-state index is -0.952. The van der Waals surface area contributed by atoms with Crippen LogP contribution in [-0.4, -0.2) is 120 Å². The first-order valence-electron chi connectivity index (χ1n) is 20.5. The van der Waals surface area contributed by atoms with Crippen LogP contribution < -0.4 is 9.80 Å². The quantitative estimate of drug-likeness (QED) is 0.164. The number of fused-ring (bicyclic) bond motifs is 2. The lowest BCUT2D eigenvalue weighted by molar-refractivity contribution is -0.150. The second-order valence-corrected chi connectivity index (χ2v) is 16.6. The highest BCUT2D eigenvalue weighted by molar-refractivity contribution is 6.29. The Balaban J connectivity index is 1.26. The van der Waals surface area contributed by atoms with E-state index in [1.54, 1.807) is 19.1 Å². The summed E-state index contributed by atoms with van der Waals surface area (Å²) in [6.45, 7) is 9.49. The molecule has 8 amide bonds. The Labute approximate surface area is 356 Å². The number of carbonyl (C=O) groups is 7. The number of hydrogen-bond donors (Lipinski definition) is 1. The van der Waals surface area contributed by atoms with E-state index in [1.165, 1.54) is 12.2 Å². The first-order valence-corrected chi connectivity index (χ1v) is 20.5. The van der Waals surface area contributed by atoms with E-state index >= 15 is 0 Å². The van der Waals surface area contributed by atoms with Gasteiger partial charge in [-0.05, 0) is 60.4 Å². The lowest BCUT2D eigenvalue weighted by Crippen LogP contribution is -2.59. The summed E-state index contributed by atoms with van der Waals surface area (Å²) in [5, 5.41) is 9.77. The zero-order chi connectivity index (χ0) is 44.6. The summed E-state index contributed by atoms with van der Waals surface area (Å²) in [7, 11) is 3.78. The normalized spacial score (nSPS) is 21.8. The number of allylic oxidation sites excluding steroid dienone is 6. The molecule has 15 heteroatoms. The summed E-state index contributed by atoms with van der Waals surface area (Å²) in [5.41, 5.74) is 4.11. The molecule has 2 aromatic carbocycles. The minimum absolute atomic E-state index is 0.111. The molecule has 0 spiro atoms. The topological polar surface area (TPSA) is 168 Å². The van der Waals surface area contributed by atoms with Gasteiger partial charge in [0.2, 0.25) is 0 Å². The minimum Gasteiger partial charge on any atom is -0.464 e. The van der Waals surface area contributed by atoms with Gasteiger partial charge in [0.05, 0.1) is 25.6 Å². The van der Waals surface area contributed by atoms with Crippen molar-refractivity contribution in [2.45, 2.75) is 65.2 Å². The average Bonchev–Trinajstić information content (AvgIpc) is 3.55. The maximum absolute atomic E-state index is 14.1. The maximum atomic E-state index is 14.1. The van der Waals surface area contributed by atoms with Crippen LogP contribution in [0.15, 0.2) is 95.4 Å². The number of ether oxygens (including phenoxy) is 1. The van der Waals surface area contributed by atoms with Crippen molar-refractivity contribution < 1.29 is 43.4 Å². The molecule has 1 N–H and O–H groups in total. The van der Waals surface area contributed by atoms with Gasteiger partial charge in [-0.2, -0.15) is 0 Å². The Morgan fingerprint density at radius 1 is 0.639 bits per heavy atom. The Morgan fingerprint density at radius 3 is 1.43 bits per heavy atom. The van der Waals surface area contributed by atoms with Crippen LogP contribution in [-0.2, 0) is 39.5 Å². The molecule has 0 aliphatic carbocycles. The lowest BCUT2D eigenvalue weighted by atomic mass is 9.83. The van der Waals surface area contributed by atoms with Crippen LogP contribution in [0.2, 0.25) is 0 Å². The molecule has 6 rings (SSSR count). The van der Waals surface area contributed by atoms with E-state index < -0.39 is 65.0 Å². The molecule has 4 heterocycles. The molecule has 2 aromatic rings. The third kappa shape index (κ3) is 7.89. The number of anilines is 2. The number of imide groups is 4. The summed E-state index contributed by atoms with van der Waals surface area (Å²) in [5.74, 6) is -4.35. The number of β-amino-alcohol motifs (C(OH)–C–C–N with tert-alkyl or cyclic N) is 1. The van der Waals surface area contributed by atoms with Gasteiger partial charge >= 0.3 is 18.0 Å². The van der Waals surface area contributed by atoms with Crippen molar-refractivity contribution in [3.05, 3.63) is 107 Å². The van der Waals surface area contributed by atoms with E-state index in [1.807, 2.05) is 107 Å². The molecule has 2 fully saturated rings. The van der Waals surface area contributed by atoms with Gasteiger partial charge in [0.15, 0.2) is 0 Å². The second kappa shape index (κ2) is 17.3. The molecule has 0 radical (unpaired) electrons. The number of aliphatic hydroxyl groups is 1. The molecular formula is C46H54N6O9. The van der Waals surface area contributed by atoms with Crippen molar-refractivity contribution in [2.75, 3.05) is 63.3 Å². The highest BCUT2D eigenvalue weighted by atomic mass is 16.5. The Kier molecular flexibility index (Phi) is 12.6. The average molecular weight is 835 g/mol. The molecule has 322 valence electrons. The number of barbiturate groups is 2. The van der Waals surface area contributed by atoms with E-state index in [9.17, 15) is 38.7 Å². The van der Waals surface area contributed by atoms with Crippen LogP contribution in [0.1, 0.15) is 65.5 Å². The van der Waals surface area contributed by atoms with Crippen molar-refractivity contribution >= 4 is 53.0 Å². The number of nitrogens with zero attached hydrogens (tertiary/aromatic N) is 6. The Bertz CT molecular complexity index is 2310. The third-order valence-electron chi connectivity index (χ3n) is 12.2. The molecule has 0 saturated carbocycles. The van der Waals surface area contributed by atoms with E-state index in [4.69, 9.17) is 4.74 Å². The number of urea groups is 2. The summed E-state index contributed by atoms with van der Waals surface area (Å²) < 4.78 is 5.36. The number of likely N-dealkylation sites (N-methyl/N-ethyl adjacent to an activating group) is 2. The van der Waals surface area contributed by atoms with E-state index in [0.717, 1.165) is 53.5 Å². The molecule has 15 nitrogen and oxygen atoms in total. The van der Waals surface area contributed by atoms with E-state index in [2.05, 4.69) is 0 Å². The molecule has 0 unspecified atom stereocenters. The number of para-hydroxylation sites is 2. The number of esters is 1. The highest BCUT2D eigenvalue weighted by Gasteiger charge is 2.45. The van der Waals surface area contributed by atoms with E-state index in [-0.39, 0.29) is 50.4 Å². The molecular weight excluding hydrogens is 781 g/mol. The van der Waals surface area contributed by atoms with Crippen molar-refractivity contribution in [1.82, 2.24) is 19.6 Å². The fourth-order valence-corrected chi connectivity index (χ4v) is 8.44. The van der Waals surface area contributed by atoms with Crippen LogP contribution in [0.4, 0.5) is 21.0 Å². The molecule has 61 heavy (non-hydrogen) atoms. The monoisotopic (exact) mass is 834 g/mol. The summed E-state index contributed by atoms with van der Waals surface area (Å²) in [6.07, 6.45) is 6.57. The largest absolute Gasteiger partial charge is 0.464 e. The van der Waals surface area contributed by atoms with Crippen LogP contribution in [0.5, 0.6) is 0 Å². The first kappa shape index (κ1) is 44.2. The standard InChI is InChI=1S/C46H54N6O9/c1-9-29(2)42(58)61-28-26-52-41(57)31(20-22-37-46(5,6)33-16-11-13-18-35(33)48(37)8)39(55)50(44(52)60)24-14-23-49-38(54)30(40(56)51(25-27-53)43(49)59)19-21-36-45(3,4)32-15-10-12-17-34(32)47(36)7/h10-13,15-22,29,53H,9,14,23-28H2,1-8H3/b30-19-,31-20-,36-21+,37-22+/t29-/m0/s1. The van der Waals surface area contributed by atoms with Gasteiger partial charge in [-0.25, -0.2) is 9.59 Å². The number of rotatable bonds is 13. The number of aliphatic hydroxyl groups excluding tert-OH is 1. The number of hydrogen-bond acceptors (Lipinski definition) is 11. The molecule has 0 aromatic heterocycles. The fraction of sp³-hybridized carbons (Fsp3) is 0.413. The Morgan fingerprint density at radius 2 is 1.03 bits per heavy atom. The van der Waals surface area contributed by atoms with Crippen LogP contribution in [0.25, 0.3) is 0 Å². The van der Waals surface area contributed by atoms with Gasteiger partial charge in [0.1, 0.15) is 17.8 Å². The summed E-state index contributed by atoms with van der Waals surface area (Å²) in [4.78, 5) is 103. The van der Waals surface area contributed by atoms with Gasteiger partial charge in [-0.3, -0.25) is 43.6 Å². The molecule has 1 atom stereocenters. The van der Waals surface area contributed by atoms with Crippen LogP contribution in [0.3, 0.4) is 0 Å². The van der Waals surface area contributed by atoms with Crippen LogP contribution >= 0.6 is 0 Å². The third-order valence-corrected chi connectivity index (χ3v) is 12.2. The summed E-state index contributed by atoms with van der Waals surface area (Å²) in [6, 6.07) is 13.8. The Hall–Kier alpha value is -6.35. The number of amides is 8. The SMILES string of the molecule is CC[C@H](C)C(=O)OCCN1C(=O)/C(=C\C=C2\N(C)c3ccccc3C2(C)C)C(=O)N(CCCN2C(=O)/C(=C/C=C3/N(C)c4ccccc4C3(C)C)C(=O)N(CCO)C2=O)C1=O. The number of carbonyl (C=O) groups excluding carboxylic acids is 7. The molecule has 0 bridgehead atoms. The predicted molar refractivity (Wildman–Crippen MR) is 228 cm³/mol. The van der Waals surface area contributed by atoms with Gasteiger partial charge in [-0.15, -0.1) is 0 Å². The second-order valence-electron chi connectivity index (χ2n) is 16.6. The zero-order valence-corrected chi connectivity index (χ0v) is 36.1. The van der Waals surface area contributed by atoms with Gasteiger partial charge < -0.3 is 19.6 Å². The van der Waals surface area contributed by atoms with E-state index in [0.29, 0.717) is 6.42 Å². The van der Waals surface area contributed by atoms with Gasteiger partial charge in [0, 0.05) is 60.8 Å². The van der Waals surface area contributed by atoms with Crippen molar-refractivity contribution in [1.29, 1.82) is 0 Å². The van der Waals surface area contributed by atoms with Gasteiger partial charge in [0.25, 0.3) is 23.6 Å². The predicted octanol–water partition coefficient (Wildman–Crippen LogP) is 5.02. The molecule has 4 aliphatic rings. The lowest BCUT2D eigenvalue weighted by Gasteiger charge is -2.35. The molecule has 4 aliphatic heterocycles. The van der Waals surface area contributed by atoms with Gasteiger partial charge in [-0.1, -0.05) is 77.9 Å². The highest BCUT2D eigenvalue weighted by Crippen LogP contribution is 2.48.